The van der Waals surface area contributed by atoms with E-state index in [1.165, 1.54) is 32.1 Å². The van der Waals surface area contributed by atoms with E-state index in [1.54, 1.807) is 20.8 Å². The fourth-order valence-corrected chi connectivity index (χ4v) is 4.95. The predicted molar refractivity (Wildman–Crippen MR) is 144 cm³/mol. The van der Waals surface area contributed by atoms with Crippen molar-refractivity contribution in [3.8, 4) is 0 Å². The standard InChI is InChI=1S/C30H39N3O4/c1-30(2,3)37-29(35)32-25(28(34)36-21-23-14-8-5-9-15-23)18-19-27-31-24-16-10-11-17-26(24)33(27)20-22-12-6-4-7-13-22/h5,8-11,14-17,22,25H,4,6-7,12-13,18-21H2,1-3H3,(H,32,35)/t25-/m1/s1. The Morgan fingerprint density at radius 2 is 1.73 bits per heavy atom. The summed E-state index contributed by atoms with van der Waals surface area (Å²) in [5, 5.41) is 2.74. The second-order valence-electron chi connectivity index (χ2n) is 11.0. The number of nitrogens with one attached hydrogen (secondary N) is 1. The van der Waals surface area contributed by atoms with E-state index in [0.29, 0.717) is 18.8 Å². The number of hydrogen-bond donors (Lipinski definition) is 1. The lowest BCUT2D eigenvalue weighted by atomic mass is 9.89. The molecule has 0 spiro atoms. The van der Waals surface area contributed by atoms with Gasteiger partial charge in [-0.05, 0) is 63.6 Å². The summed E-state index contributed by atoms with van der Waals surface area (Å²) in [7, 11) is 0. The summed E-state index contributed by atoms with van der Waals surface area (Å²) in [6.07, 6.45) is 6.61. The Morgan fingerprint density at radius 3 is 2.46 bits per heavy atom. The van der Waals surface area contributed by atoms with Crippen molar-refractivity contribution in [2.45, 2.75) is 90.5 Å². The SMILES string of the molecule is CC(C)(C)OC(=O)N[C@H](CCc1nc2ccccc2n1CC1CCCCC1)C(=O)OCc1ccccc1. The van der Waals surface area contributed by atoms with Gasteiger partial charge in [0.1, 0.15) is 24.1 Å². The van der Waals surface area contributed by atoms with E-state index < -0.39 is 23.7 Å². The number of imidazole rings is 1. The van der Waals surface area contributed by atoms with Crippen LogP contribution in [0.25, 0.3) is 11.0 Å². The first-order valence-electron chi connectivity index (χ1n) is 13.4. The van der Waals surface area contributed by atoms with Crippen molar-refractivity contribution in [1.29, 1.82) is 0 Å². The van der Waals surface area contributed by atoms with Crippen LogP contribution in [-0.2, 0) is 33.8 Å². The van der Waals surface area contributed by atoms with Crippen LogP contribution in [0.3, 0.4) is 0 Å². The summed E-state index contributed by atoms with van der Waals surface area (Å²) in [4.78, 5) is 30.6. The molecule has 0 radical (unpaired) electrons. The molecule has 1 atom stereocenters. The summed E-state index contributed by atoms with van der Waals surface area (Å²) in [6.45, 7) is 6.46. The average molecular weight is 506 g/mol. The molecule has 1 saturated carbocycles. The molecule has 198 valence electrons. The van der Waals surface area contributed by atoms with Crippen LogP contribution in [-0.4, -0.2) is 33.3 Å². The Bertz CT molecular complexity index is 1180. The van der Waals surface area contributed by atoms with Gasteiger partial charge in [0.2, 0.25) is 0 Å². The molecule has 7 heteroatoms. The van der Waals surface area contributed by atoms with Gasteiger partial charge in [-0.2, -0.15) is 0 Å². The van der Waals surface area contributed by atoms with Gasteiger partial charge in [-0.1, -0.05) is 61.7 Å². The number of esters is 1. The van der Waals surface area contributed by atoms with Gasteiger partial charge < -0.3 is 19.4 Å². The Kier molecular flexibility index (Phi) is 8.85. The second kappa shape index (κ2) is 12.3. The Hall–Kier alpha value is -3.35. The van der Waals surface area contributed by atoms with Crippen LogP contribution in [0.4, 0.5) is 4.79 Å². The van der Waals surface area contributed by atoms with E-state index in [-0.39, 0.29) is 6.61 Å². The molecule has 1 heterocycles. The lowest BCUT2D eigenvalue weighted by Crippen LogP contribution is -2.44. The maximum Gasteiger partial charge on any atom is 0.408 e. The minimum atomic E-state index is -0.846. The quantitative estimate of drug-likeness (QED) is 0.351. The Morgan fingerprint density at radius 1 is 1.03 bits per heavy atom. The number of ether oxygens (including phenoxy) is 2. The first-order valence-corrected chi connectivity index (χ1v) is 13.4. The van der Waals surface area contributed by atoms with Crippen LogP contribution >= 0.6 is 0 Å². The van der Waals surface area contributed by atoms with E-state index in [4.69, 9.17) is 14.5 Å². The molecule has 37 heavy (non-hydrogen) atoms. The third kappa shape index (κ3) is 7.81. The molecule has 1 N–H and O–H groups in total. The summed E-state index contributed by atoms with van der Waals surface area (Å²) < 4.78 is 13.3. The highest BCUT2D eigenvalue weighted by Gasteiger charge is 2.27. The van der Waals surface area contributed by atoms with Crippen molar-refractivity contribution >= 4 is 23.1 Å². The zero-order valence-corrected chi connectivity index (χ0v) is 22.2. The van der Waals surface area contributed by atoms with E-state index in [9.17, 15) is 9.59 Å². The fourth-order valence-electron chi connectivity index (χ4n) is 4.95. The number of amides is 1. The second-order valence-corrected chi connectivity index (χ2v) is 11.0. The molecule has 3 aromatic rings. The van der Waals surface area contributed by atoms with E-state index >= 15 is 0 Å². The van der Waals surface area contributed by atoms with Gasteiger partial charge in [0.15, 0.2) is 0 Å². The summed E-state index contributed by atoms with van der Waals surface area (Å²) in [5.74, 6) is 1.08. The van der Waals surface area contributed by atoms with Gasteiger partial charge in [0.05, 0.1) is 11.0 Å². The van der Waals surface area contributed by atoms with Gasteiger partial charge >= 0.3 is 12.1 Å². The molecule has 4 rings (SSSR count). The zero-order valence-electron chi connectivity index (χ0n) is 22.2. The third-order valence-corrected chi connectivity index (χ3v) is 6.76. The topological polar surface area (TPSA) is 82.5 Å². The van der Waals surface area contributed by atoms with Crippen LogP contribution in [0.1, 0.15) is 70.7 Å². The lowest BCUT2D eigenvalue weighted by Gasteiger charge is -2.24. The normalized spacial score (nSPS) is 15.3. The number of aryl methyl sites for hydroxylation is 1. The van der Waals surface area contributed by atoms with Crippen LogP contribution < -0.4 is 5.32 Å². The zero-order chi connectivity index (χ0) is 26.3. The van der Waals surface area contributed by atoms with Crippen LogP contribution in [0, 0.1) is 5.92 Å². The van der Waals surface area contributed by atoms with Gasteiger partial charge in [-0.3, -0.25) is 0 Å². The molecule has 7 nitrogen and oxygen atoms in total. The van der Waals surface area contributed by atoms with Crippen molar-refractivity contribution in [3.05, 3.63) is 66.0 Å². The van der Waals surface area contributed by atoms with E-state index in [1.807, 2.05) is 48.5 Å². The number of carbonyl (C=O) groups excluding carboxylic acids is 2. The fraction of sp³-hybridized carbons (Fsp3) is 0.500. The summed E-state index contributed by atoms with van der Waals surface area (Å²) in [6, 6.07) is 16.8. The molecule has 0 unspecified atom stereocenters. The number of benzene rings is 2. The molecular weight excluding hydrogens is 466 g/mol. The Balaban J connectivity index is 1.50. The van der Waals surface area contributed by atoms with Crippen molar-refractivity contribution in [2.75, 3.05) is 0 Å². The highest BCUT2D eigenvalue weighted by atomic mass is 16.6. The number of hydrogen-bond acceptors (Lipinski definition) is 5. The predicted octanol–water partition coefficient (Wildman–Crippen LogP) is 6.19. The minimum absolute atomic E-state index is 0.145. The maximum absolute atomic E-state index is 13.1. The Labute approximate surface area is 219 Å². The van der Waals surface area contributed by atoms with Crippen LogP contribution in [0.5, 0.6) is 0 Å². The monoisotopic (exact) mass is 505 g/mol. The van der Waals surface area contributed by atoms with Crippen molar-refractivity contribution in [3.63, 3.8) is 0 Å². The molecule has 1 fully saturated rings. The van der Waals surface area contributed by atoms with Gasteiger partial charge in [0, 0.05) is 13.0 Å². The van der Waals surface area contributed by atoms with Gasteiger partial charge in [-0.25, -0.2) is 14.6 Å². The molecule has 0 saturated heterocycles. The number of rotatable bonds is 9. The average Bonchev–Trinajstić information content (AvgIpc) is 3.22. The van der Waals surface area contributed by atoms with Crippen molar-refractivity contribution in [2.24, 2.45) is 5.92 Å². The molecule has 1 amide bonds. The first-order chi connectivity index (χ1) is 17.8. The largest absolute Gasteiger partial charge is 0.459 e. The lowest BCUT2D eigenvalue weighted by molar-refractivity contribution is -0.147. The number of nitrogens with zero attached hydrogens (tertiary/aromatic N) is 2. The number of fused-ring (bicyclic) bond motifs is 1. The molecule has 2 aromatic carbocycles. The molecule has 1 aromatic heterocycles. The number of para-hydroxylation sites is 2. The number of aromatic nitrogens is 2. The molecule has 0 aliphatic heterocycles. The number of alkyl carbamates (subject to hydrolysis) is 1. The molecule has 1 aliphatic carbocycles. The highest BCUT2D eigenvalue weighted by Crippen LogP contribution is 2.28. The smallest absolute Gasteiger partial charge is 0.408 e. The molecular formula is C30H39N3O4. The van der Waals surface area contributed by atoms with Crippen molar-refractivity contribution in [1.82, 2.24) is 14.9 Å². The van der Waals surface area contributed by atoms with E-state index in [0.717, 1.165) is 29.0 Å². The molecule has 1 aliphatic rings. The minimum Gasteiger partial charge on any atom is -0.459 e. The van der Waals surface area contributed by atoms with Crippen LogP contribution in [0.15, 0.2) is 54.6 Å². The summed E-state index contributed by atoms with van der Waals surface area (Å²) >= 11 is 0. The highest BCUT2D eigenvalue weighted by molar-refractivity contribution is 5.81. The third-order valence-electron chi connectivity index (χ3n) is 6.76. The maximum atomic E-state index is 13.1. The summed E-state index contributed by atoms with van der Waals surface area (Å²) in [5.41, 5.74) is 2.29. The molecule has 0 bridgehead atoms. The van der Waals surface area contributed by atoms with Gasteiger partial charge in [-0.15, -0.1) is 0 Å². The van der Waals surface area contributed by atoms with Crippen LogP contribution in [0.2, 0.25) is 0 Å². The first kappa shape index (κ1) is 26.7. The van der Waals surface area contributed by atoms with E-state index in [2.05, 4.69) is 16.0 Å². The number of carbonyl (C=O) groups is 2. The van der Waals surface area contributed by atoms with Gasteiger partial charge in [0.25, 0.3) is 0 Å². The van der Waals surface area contributed by atoms with Crippen molar-refractivity contribution < 1.29 is 19.1 Å².